The maximum atomic E-state index is 12.7. The van der Waals surface area contributed by atoms with E-state index < -0.39 is 22.0 Å². The minimum absolute atomic E-state index is 0.103. The molecular weight excluding hydrogens is 404 g/mol. The number of aromatic nitrogens is 1. The van der Waals surface area contributed by atoms with E-state index >= 15 is 0 Å². The molecule has 146 valence electrons. The molecule has 0 saturated carbocycles. The van der Waals surface area contributed by atoms with E-state index in [9.17, 15) is 22.8 Å². The highest BCUT2D eigenvalue weighted by atomic mass is 32.2. The van der Waals surface area contributed by atoms with Gasteiger partial charge in [0.25, 0.3) is 15.9 Å². The Morgan fingerprint density at radius 3 is 2.75 bits per heavy atom. The molecule has 0 bridgehead atoms. The molecule has 1 aromatic carbocycles. The van der Waals surface area contributed by atoms with Crippen LogP contribution in [0.5, 0.6) is 0 Å². The normalized spacial score (nSPS) is 19.5. The lowest BCUT2D eigenvalue weighted by Crippen LogP contribution is -2.52. The first-order chi connectivity index (χ1) is 13.2. The highest BCUT2D eigenvalue weighted by Crippen LogP contribution is 2.30. The van der Waals surface area contributed by atoms with E-state index in [4.69, 9.17) is 0 Å². The molecule has 2 N–H and O–H groups in total. The molecule has 0 spiro atoms. The Hall–Kier alpha value is -2.79. The largest absolute Gasteiger partial charge is 0.322 e. The predicted molar refractivity (Wildman–Crippen MR) is 100 cm³/mol. The van der Waals surface area contributed by atoms with Crippen LogP contribution in [0.4, 0.5) is 5.69 Å². The number of benzene rings is 1. The fourth-order valence-corrected chi connectivity index (χ4v) is 5.47. The monoisotopic (exact) mass is 420 g/mol. The SMILES string of the molecule is Cc1ncc(S(=O)(=O)Nc2ccc3c(c2)CN(C2CCC(=O)NC2=O)C3=O)s1. The van der Waals surface area contributed by atoms with Crippen molar-refractivity contribution in [3.63, 3.8) is 0 Å². The predicted octanol–water partition coefficient (Wildman–Crippen LogP) is 1.01. The molecule has 3 heterocycles. The first kappa shape index (κ1) is 18.6. The van der Waals surface area contributed by atoms with Crippen LogP contribution in [0.1, 0.15) is 33.8 Å². The summed E-state index contributed by atoms with van der Waals surface area (Å²) in [6.07, 6.45) is 1.74. The van der Waals surface area contributed by atoms with Gasteiger partial charge in [-0.05, 0) is 37.1 Å². The minimum Gasteiger partial charge on any atom is -0.322 e. The Morgan fingerprint density at radius 1 is 1.29 bits per heavy atom. The van der Waals surface area contributed by atoms with Crippen molar-refractivity contribution in [1.29, 1.82) is 0 Å². The van der Waals surface area contributed by atoms with Crippen LogP contribution >= 0.6 is 11.3 Å². The number of hydrogen-bond donors (Lipinski definition) is 2. The number of carbonyl (C=O) groups is 3. The Morgan fingerprint density at radius 2 is 2.07 bits per heavy atom. The number of aryl methyl sites for hydroxylation is 1. The lowest BCUT2D eigenvalue weighted by atomic mass is 10.0. The molecule has 4 rings (SSSR count). The van der Waals surface area contributed by atoms with Gasteiger partial charge in [0.15, 0.2) is 4.21 Å². The molecule has 2 aliphatic rings. The average Bonchev–Trinajstić information content (AvgIpc) is 3.19. The maximum absolute atomic E-state index is 12.7. The topological polar surface area (TPSA) is 126 Å². The van der Waals surface area contributed by atoms with Crippen molar-refractivity contribution in [2.45, 2.75) is 36.6 Å². The molecule has 28 heavy (non-hydrogen) atoms. The zero-order valence-corrected chi connectivity index (χ0v) is 16.4. The second-order valence-corrected chi connectivity index (χ2v) is 9.72. The zero-order valence-electron chi connectivity index (χ0n) is 14.8. The Bertz CT molecular complexity index is 1110. The second kappa shape index (κ2) is 6.67. The highest BCUT2D eigenvalue weighted by Gasteiger charge is 2.39. The van der Waals surface area contributed by atoms with Gasteiger partial charge in [-0.1, -0.05) is 0 Å². The van der Waals surface area contributed by atoms with E-state index in [2.05, 4.69) is 15.0 Å². The summed E-state index contributed by atoms with van der Waals surface area (Å²) in [4.78, 5) is 41.4. The number of rotatable bonds is 4. The maximum Gasteiger partial charge on any atom is 0.273 e. The van der Waals surface area contributed by atoms with Crippen LogP contribution in [0.15, 0.2) is 28.6 Å². The number of piperidine rings is 1. The van der Waals surface area contributed by atoms with Crippen LogP contribution in [0, 0.1) is 6.92 Å². The molecule has 1 atom stereocenters. The van der Waals surface area contributed by atoms with Crippen molar-refractivity contribution in [2.24, 2.45) is 0 Å². The molecule has 2 aromatic rings. The van der Waals surface area contributed by atoms with Crippen LogP contribution < -0.4 is 10.0 Å². The lowest BCUT2D eigenvalue weighted by Gasteiger charge is -2.29. The molecule has 0 aliphatic carbocycles. The third-order valence-corrected chi connectivity index (χ3v) is 7.40. The number of anilines is 1. The van der Waals surface area contributed by atoms with Gasteiger partial charge in [0.2, 0.25) is 11.8 Å². The molecule has 1 fully saturated rings. The van der Waals surface area contributed by atoms with Crippen molar-refractivity contribution in [1.82, 2.24) is 15.2 Å². The van der Waals surface area contributed by atoms with Crippen molar-refractivity contribution in [3.05, 3.63) is 40.5 Å². The molecule has 0 radical (unpaired) electrons. The number of nitrogens with one attached hydrogen (secondary N) is 2. The van der Waals surface area contributed by atoms with Crippen LogP contribution in [0.25, 0.3) is 0 Å². The van der Waals surface area contributed by atoms with Crippen LogP contribution in [0.3, 0.4) is 0 Å². The third-order valence-electron chi connectivity index (χ3n) is 4.64. The second-order valence-electron chi connectivity index (χ2n) is 6.58. The number of thiazole rings is 1. The van der Waals surface area contributed by atoms with E-state index in [-0.39, 0.29) is 35.4 Å². The molecule has 3 amide bonds. The summed E-state index contributed by atoms with van der Waals surface area (Å²) in [7, 11) is -3.77. The fourth-order valence-electron chi connectivity index (χ4n) is 3.31. The third kappa shape index (κ3) is 3.27. The van der Waals surface area contributed by atoms with E-state index in [0.717, 1.165) is 11.3 Å². The summed E-state index contributed by atoms with van der Waals surface area (Å²) < 4.78 is 27.5. The molecule has 9 nitrogen and oxygen atoms in total. The Balaban J connectivity index is 1.56. The Kier molecular flexibility index (Phi) is 4.42. The molecule has 1 unspecified atom stereocenters. The number of amides is 3. The van der Waals surface area contributed by atoms with Crippen molar-refractivity contribution >= 4 is 44.8 Å². The van der Waals surface area contributed by atoms with Crippen molar-refractivity contribution in [3.8, 4) is 0 Å². The van der Waals surface area contributed by atoms with E-state index in [1.54, 1.807) is 19.1 Å². The Labute approximate surface area is 164 Å². The molecule has 2 aliphatic heterocycles. The van der Waals surface area contributed by atoms with Gasteiger partial charge in [-0.3, -0.25) is 24.4 Å². The fraction of sp³-hybridized carbons (Fsp3) is 0.294. The van der Waals surface area contributed by atoms with Crippen molar-refractivity contribution < 1.29 is 22.8 Å². The van der Waals surface area contributed by atoms with Gasteiger partial charge >= 0.3 is 0 Å². The molecule has 11 heteroatoms. The summed E-state index contributed by atoms with van der Waals surface area (Å²) in [6.45, 7) is 1.89. The van der Waals surface area contributed by atoms with E-state index in [1.165, 1.54) is 17.2 Å². The van der Waals surface area contributed by atoms with Gasteiger partial charge in [-0.2, -0.15) is 0 Å². The lowest BCUT2D eigenvalue weighted by molar-refractivity contribution is -0.136. The van der Waals surface area contributed by atoms with E-state index in [0.29, 0.717) is 21.8 Å². The summed E-state index contributed by atoms with van der Waals surface area (Å²) in [5.41, 5.74) is 1.36. The van der Waals surface area contributed by atoms with Gasteiger partial charge in [0, 0.05) is 24.2 Å². The molecular formula is C17H16N4O5S2. The standard InChI is InChI=1S/C17H16N4O5S2/c1-9-18-7-15(27-9)28(25,26)20-11-2-3-12-10(6-11)8-21(17(12)24)13-4-5-14(22)19-16(13)23/h2-3,6-7,13,20H,4-5,8H2,1H3,(H,19,22,23). The number of nitrogens with zero attached hydrogens (tertiary/aromatic N) is 2. The number of hydrogen-bond acceptors (Lipinski definition) is 7. The number of carbonyl (C=O) groups excluding carboxylic acids is 3. The summed E-state index contributed by atoms with van der Waals surface area (Å²) in [6, 6.07) is 3.93. The number of imide groups is 1. The zero-order chi connectivity index (χ0) is 20.1. The number of sulfonamides is 1. The highest BCUT2D eigenvalue weighted by molar-refractivity contribution is 7.94. The van der Waals surface area contributed by atoms with Gasteiger partial charge in [0.1, 0.15) is 6.04 Å². The number of fused-ring (bicyclic) bond motifs is 1. The van der Waals surface area contributed by atoms with E-state index in [1.807, 2.05) is 0 Å². The van der Waals surface area contributed by atoms with Gasteiger partial charge < -0.3 is 4.90 Å². The summed E-state index contributed by atoms with van der Waals surface area (Å²) in [5, 5.41) is 2.89. The van der Waals surface area contributed by atoms with Gasteiger partial charge in [-0.25, -0.2) is 13.4 Å². The van der Waals surface area contributed by atoms with Gasteiger partial charge in [0.05, 0.1) is 11.2 Å². The van der Waals surface area contributed by atoms with Crippen LogP contribution in [-0.4, -0.2) is 42.1 Å². The minimum atomic E-state index is -3.77. The quantitative estimate of drug-likeness (QED) is 0.711. The van der Waals surface area contributed by atoms with Crippen LogP contribution in [0.2, 0.25) is 0 Å². The first-order valence-electron chi connectivity index (χ1n) is 8.47. The van der Waals surface area contributed by atoms with Crippen LogP contribution in [-0.2, 0) is 26.2 Å². The summed E-state index contributed by atoms with van der Waals surface area (Å²) in [5.74, 6) is -1.14. The molecule has 1 aromatic heterocycles. The first-order valence-corrected chi connectivity index (χ1v) is 10.8. The average molecular weight is 420 g/mol. The van der Waals surface area contributed by atoms with Crippen molar-refractivity contribution in [2.75, 3.05) is 4.72 Å². The van der Waals surface area contributed by atoms with Gasteiger partial charge in [-0.15, -0.1) is 11.3 Å². The summed E-state index contributed by atoms with van der Waals surface area (Å²) >= 11 is 1.06. The molecule has 1 saturated heterocycles. The smallest absolute Gasteiger partial charge is 0.273 e.